The normalized spacial score (nSPS) is 11.2. The Labute approximate surface area is 150 Å². The molecule has 0 unspecified atom stereocenters. The summed E-state index contributed by atoms with van der Waals surface area (Å²) in [6.45, 7) is 0.705. The lowest BCUT2D eigenvalue weighted by Crippen LogP contribution is -2.15. The fraction of sp³-hybridized carbons (Fsp3) is 0.200. The number of hydrogen-bond acceptors (Lipinski definition) is 4. The van der Waals surface area contributed by atoms with Crippen LogP contribution in [0.2, 0.25) is 0 Å². The van der Waals surface area contributed by atoms with Crippen molar-refractivity contribution < 1.29 is 9.47 Å². The first-order valence-electron chi connectivity index (χ1n) is 8.38. The van der Waals surface area contributed by atoms with Gasteiger partial charge in [0.15, 0.2) is 11.5 Å². The van der Waals surface area contributed by atoms with Gasteiger partial charge in [-0.25, -0.2) is 4.98 Å². The molecule has 2 heterocycles. The van der Waals surface area contributed by atoms with E-state index >= 15 is 0 Å². The molecule has 2 aromatic heterocycles. The minimum absolute atomic E-state index is 0.0459. The summed E-state index contributed by atoms with van der Waals surface area (Å²) < 4.78 is 14.2. The number of benzene rings is 2. The zero-order chi connectivity index (χ0) is 18.1. The number of methoxy groups -OCH3 is 2. The second-order valence-corrected chi connectivity index (χ2v) is 6.03. The molecule has 26 heavy (non-hydrogen) atoms. The number of aromatic nitrogens is 3. The highest BCUT2D eigenvalue weighted by Gasteiger charge is 2.10. The molecule has 0 amide bonds. The Morgan fingerprint density at radius 2 is 1.81 bits per heavy atom. The molecule has 4 aromatic rings. The van der Waals surface area contributed by atoms with Crippen molar-refractivity contribution in [1.82, 2.24) is 14.0 Å². The van der Waals surface area contributed by atoms with Crippen LogP contribution < -0.4 is 15.0 Å². The molecule has 0 fully saturated rings. The van der Waals surface area contributed by atoms with Crippen LogP contribution in [0, 0.1) is 0 Å². The molecule has 132 valence electrons. The Kier molecular flexibility index (Phi) is 4.08. The van der Waals surface area contributed by atoms with E-state index in [-0.39, 0.29) is 5.56 Å². The fourth-order valence-corrected chi connectivity index (χ4v) is 3.15. The summed E-state index contributed by atoms with van der Waals surface area (Å²) in [6, 6.07) is 13.3. The summed E-state index contributed by atoms with van der Waals surface area (Å²) in [5.41, 5.74) is 1.79. The third-order valence-electron chi connectivity index (χ3n) is 4.53. The lowest BCUT2D eigenvalue weighted by Gasteiger charge is -2.10. The van der Waals surface area contributed by atoms with Gasteiger partial charge < -0.3 is 14.0 Å². The number of imidazole rings is 1. The molecule has 0 saturated carbocycles. The van der Waals surface area contributed by atoms with E-state index in [0.29, 0.717) is 34.7 Å². The van der Waals surface area contributed by atoms with Crippen molar-refractivity contribution in [3.63, 3.8) is 0 Å². The van der Waals surface area contributed by atoms with Gasteiger partial charge in [0.05, 0.1) is 25.1 Å². The Balaban J connectivity index is 1.67. The summed E-state index contributed by atoms with van der Waals surface area (Å²) >= 11 is 0. The number of hydrogen-bond donors (Lipinski definition) is 0. The molecule has 6 heteroatoms. The second kappa shape index (κ2) is 6.55. The standard InChI is InChI=1S/C20H19N3O3/c1-25-17-8-7-14(13-18(17)26-2)9-10-22-11-12-23-19(24)15-5-3-4-6-16(15)21-20(22)23/h3-8,11-13H,9-10H2,1-2H3. The van der Waals surface area contributed by atoms with Crippen LogP contribution in [0.3, 0.4) is 0 Å². The maximum atomic E-state index is 12.6. The van der Waals surface area contributed by atoms with Crippen LogP contribution >= 0.6 is 0 Å². The molecule has 0 N–H and O–H groups in total. The van der Waals surface area contributed by atoms with Crippen molar-refractivity contribution in [3.05, 3.63) is 70.8 Å². The predicted molar refractivity (Wildman–Crippen MR) is 100 cm³/mol. The number of fused-ring (bicyclic) bond motifs is 2. The summed E-state index contributed by atoms with van der Waals surface area (Å²) in [5.74, 6) is 2.07. The van der Waals surface area contributed by atoms with Gasteiger partial charge in [0, 0.05) is 18.9 Å². The van der Waals surface area contributed by atoms with Gasteiger partial charge in [0.1, 0.15) is 0 Å². The van der Waals surface area contributed by atoms with Crippen molar-refractivity contribution in [3.8, 4) is 11.5 Å². The fourth-order valence-electron chi connectivity index (χ4n) is 3.15. The Hall–Kier alpha value is -3.28. The lowest BCUT2D eigenvalue weighted by atomic mass is 10.1. The van der Waals surface area contributed by atoms with E-state index in [9.17, 15) is 4.79 Å². The molecule has 0 saturated heterocycles. The van der Waals surface area contributed by atoms with Gasteiger partial charge in [0.2, 0.25) is 5.78 Å². The Morgan fingerprint density at radius 3 is 2.62 bits per heavy atom. The molecule has 4 rings (SSSR count). The van der Waals surface area contributed by atoms with Crippen molar-refractivity contribution in [2.24, 2.45) is 0 Å². The average molecular weight is 349 g/mol. The van der Waals surface area contributed by atoms with Crippen molar-refractivity contribution in [2.45, 2.75) is 13.0 Å². The third kappa shape index (κ3) is 2.69. The zero-order valence-electron chi connectivity index (χ0n) is 14.7. The molecule has 0 aliphatic rings. The smallest absolute Gasteiger partial charge is 0.266 e. The molecular weight excluding hydrogens is 330 g/mol. The van der Waals surface area contributed by atoms with Crippen LogP contribution in [0.25, 0.3) is 16.7 Å². The highest BCUT2D eigenvalue weighted by Crippen LogP contribution is 2.27. The zero-order valence-corrected chi connectivity index (χ0v) is 14.7. The number of para-hydroxylation sites is 1. The predicted octanol–water partition coefficient (Wildman–Crippen LogP) is 2.91. The van der Waals surface area contributed by atoms with E-state index < -0.39 is 0 Å². The molecule has 2 aromatic carbocycles. The van der Waals surface area contributed by atoms with Crippen LogP contribution in [0.5, 0.6) is 11.5 Å². The van der Waals surface area contributed by atoms with Crippen LogP contribution in [-0.2, 0) is 13.0 Å². The van der Waals surface area contributed by atoms with Gasteiger partial charge in [-0.2, -0.15) is 0 Å². The van der Waals surface area contributed by atoms with Crippen LogP contribution in [0.15, 0.2) is 59.7 Å². The Morgan fingerprint density at radius 1 is 1.00 bits per heavy atom. The van der Waals surface area contributed by atoms with Crippen molar-refractivity contribution in [1.29, 1.82) is 0 Å². The topological polar surface area (TPSA) is 57.8 Å². The molecule has 0 bridgehead atoms. The van der Waals surface area contributed by atoms with Crippen LogP contribution in [0.4, 0.5) is 0 Å². The number of ether oxygens (including phenoxy) is 2. The van der Waals surface area contributed by atoms with Crippen LogP contribution in [-0.4, -0.2) is 28.2 Å². The lowest BCUT2D eigenvalue weighted by molar-refractivity contribution is 0.354. The summed E-state index contributed by atoms with van der Waals surface area (Å²) in [4.78, 5) is 17.3. The first-order valence-corrected chi connectivity index (χ1v) is 8.38. The van der Waals surface area contributed by atoms with Gasteiger partial charge in [-0.3, -0.25) is 9.20 Å². The van der Waals surface area contributed by atoms with Gasteiger partial charge in [-0.15, -0.1) is 0 Å². The molecule has 0 aliphatic heterocycles. The van der Waals surface area contributed by atoms with Gasteiger partial charge in [-0.05, 0) is 36.2 Å². The second-order valence-electron chi connectivity index (χ2n) is 6.03. The summed E-state index contributed by atoms with van der Waals surface area (Å²) in [6.07, 6.45) is 4.45. The van der Waals surface area contributed by atoms with E-state index in [0.717, 1.165) is 12.0 Å². The summed E-state index contributed by atoms with van der Waals surface area (Å²) in [7, 11) is 3.25. The quantitative estimate of drug-likeness (QED) is 0.556. The molecule has 0 atom stereocenters. The largest absolute Gasteiger partial charge is 0.493 e. The first kappa shape index (κ1) is 16.2. The highest BCUT2D eigenvalue weighted by molar-refractivity contribution is 5.78. The van der Waals surface area contributed by atoms with E-state index in [2.05, 4.69) is 4.98 Å². The van der Waals surface area contributed by atoms with Gasteiger partial charge >= 0.3 is 0 Å². The maximum Gasteiger partial charge on any atom is 0.266 e. The molecule has 0 aliphatic carbocycles. The molecular formula is C20H19N3O3. The monoisotopic (exact) mass is 349 g/mol. The van der Waals surface area contributed by atoms with Gasteiger partial charge in [0.25, 0.3) is 5.56 Å². The number of rotatable bonds is 5. The highest BCUT2D eigenvalue weighted by atomic mass is 16.5. The minimum atomic E-state index is -0.0459. The molecule has 0 radical (unpaired) electrons. The number of nitrogens with zero attached hydrogens (tertiary/aromatic N) is 3. The van der Waals surface area contributed by atoms with E-state index in [1.807, 2.05) is 47.2 Å². The van der Waals surface area contributed by atoms with E-state index in [1.165, 1.54) is 0 Å². The number of aryl methyl sites for hydroxylation is 2. The minimum Gasteiger partial charge on any atom is -0.493 e. The maximum absolute atomic E-state index is 12.6. The van der Waals surface area contributed by atoms with Crippen molar-refractivity contribution >= 4 is 16.7 Å². The molecule has 6 nitrogen and oxygen atoms in total. The first-order chi connectivity index (χ1) is 12.7. The third-order valence-corrected chi connectivity index (χ3v) is 4.53. The average Bonchev–Trinajstić information content (AvgIpc) is 3.09. The Bertz CT molecular complexity index is 1140. The van der Waals surface area contributed by atoms with Crippen LogP contribution in [0.1, 0.15) is 5.56 Å². The van der Waals surface area contributed by atoms with E-state index in [4.69, 9.17) is 9.47 Å². The molecule has 0 spiro atoms. The SMILES string of the molecule is COc1ccc(CCn2ccn3c(=O)c4ccccc4nc23)cc1OC. The van der Waals surface area contributed by atoms with E-state index in [1.54, 1.807) is 30.9 Å². The van der Waals surface area contributed by atoms with Gasteiger partial charge in [-0.1, -0.05) is 18.2 Å². The summed E-state index contributed by atoms with van der Waals surface area (Å²) in [5, 5.41) is 0.627. The van der Waals surface area contributed by atoms with Crippen molar-refractivity contribution in [2.75, 3.05) is 14.2 Å².